The molecule has 1 aromatic heterocycles. The van der Waals surface area contributed by atoms with Gasteiger partial charge in [0.2, 0.25) is 0 Å². The standard InChI is InChI=1S/C28H37ClN4/c1-21-8-6-10-26(22(21)2)32-18-16-31(17-19-32)15-7-9-25-20-27(33(30-25)28(3,4)5)23-11-13-24(29)14-12-23/h6,8,10-14,20H,7,9,15-19H2,1-5H3. The van der Waals surface area contributed by atoms with Crippen LogP contribution in [0, 0.1) is 13.8 Å². The van der Waals surface area contributed by atoms with Crippen molar-refractivity contribution in [1.82, 2.24) is 14.7 Å². The van der Waals surface area contributed by atoms with Gasteiger partial charge in [0.25, 0.3) is 0 Å². The predicted octanol–water partition coefficient (Wildman–Crippen LogP) is 6.33. The molecule has 0 aliphatic carbocycles. The Labute approximate surface area is 204 Å². The fraction of sp³-hybridized carbons (Fsp3) is 0.464. The van der Waals surface area contributed by atoms with Gasteiger partial charge in [-0.25, -0.2) is 0 Å². The summed E-state index contributed by atoms with van der Waals surface area (Å²) in [5, 5.41) is 5.75. The molecule has 0 spiro atoms. The normalized spacial score (nSPS) is 15.3. The van der Waals surface area contributed by atoms with Gasteiger partial charge in [-0.1, -0.05) is 35.9 Å². The molecule has 0 unspecified atom stereocenters. The molecule has 3 aromatic rings. The minimum Gasteiger partial charge on any atom is -0.369 e. The van der Waals surface area contributed by atoms with Crippen LogP contribution in [0.25, 0.3) is 11.3 Å². The Morgan fingerprint density at radius 2 is 1.64 bits per heavy atom. The molecule has 176 valence electrons. The van der Waals surface area contributed by atoms with Gasteiger partial charge < -0.3 is 4.90 Å². The number of anilines is 1. The van der Waals surface area contributed by atoms with E-state index >= 15 is 0 Å². The molecule has 4 rings (SSSR count). The van der Waals surface area contributed by atoms with Crippen LogP contribution in [-0.2, 0) is 12.0 Å². The van der Waals surface area contributed by atoms with Crippen LogP contribution in [0.5, 0.6) is 0 Å². The first-order valence-electron chi connectivity index (χ1n) is 12.1. The van der Waals surface area contributed by atoms with E-state index in [4.69, 9.17) is 16.7 Å². The smallest absolute Gasteiger partial charge is 0.0691 e. The van der Waals surface area contributed by atoms with Crippen LogP contribution in [0.15, 0.2) is 48.5 Å². The van der Waals surface area contributed by atoms with Crippen molar-refractivity contribution in [3.05, 3.63) is 70.4 Å². The maximum absolute atomic E-state index is 6.10. The van der Waals surface area contributed by atoms with Gasteiger partial charge >= 0.3 is 0 Å². The number of nitrogens with zero attached hydrogens (tertiary/aromatic N) is 4. The lowest BCUT2D eigenvalue weighted by Gasteiger charge is -2.37. The molecule has 0 bridgehead atoms. The van der Waals surface area contributed by atoms with Crippen molar-refractivity contribution in [3.8, 4) is 11.3 Å². The third kappa shape index (κ3) is 5.62. The van der Waals surface area contributed by atoms with E-state index in [1.807, 2.05) is 12.1 Å². The fourth-order valence-corrected chi connectivity index (χ4v) is 4.79. The highest BCUT2D eigenvalue weighted by atomic mass is 35.5. The van der Waals surface area contributed by atoms with Crippen molar-refractivity contribution in [3.63, 3.8) is 0 Å². The summed E-state index contributed by atoms with van der Waals surface area (Å²) < 4.78 is 2.16. The van der Waals surface area contributed by atoms with Crippen molar-refractivity contribution in [2.75, 3.05) is 37.6 Å². The van der Waals surface area contributed by atoms with Gasteiger partial charge in [0.05, 0.1) is 16.9 Å². The molecule has 2 heterocycles. The van der Waals surface area contributed by atoms with Crippen molar-refractivity contribution in [2.45, 2.75) is 53.0 Å². The lowest BCUT2D eigenvalue weighted by Crippen LogP contribution is -2.47. The summed E-state index contributed by atoms with van der Waals surface area (Å²) >= 11 is 6.10. The maximum atomic E-state index is 6.10. The number of piperazine rings is 1. The molecule has 33 heavy (non-hydrogen) atoms. The molecule has 0 atom stereocenters. The Hall–Kier alpha value is -2.30. The summed E-state index contributed by atoms with van der Waals surface area (Å²) in [5.41, 5.74) is 7.62. The van der Waals surface area contributed by atoms with E-state index < -0.39 is 0 Å². The van der Waals surface area contributed by atoms with Gasteiger partial charge in [-0.2, -0.15) is 5.10 Å². The van der Waals surface area contributed by atoms with Crippen LogP contribution in [0.4, 0.5) is 5.69 Å². The van der Waals surface area contributed by atoms with Gasteiger partial charge in [0.15, 0.2) is 0 Å². The SMILES string of the molecule is Cc1cccc(N2CCN(CCCc3cc(-c4ccc(Cl)cc4)n(C(C)(C)C)n3)CC2)c1C. The molecule has 2 aromatic carbocycles. The van der Waals surface area contributed by atoms with Gasteiger partial charge in [0.1, 0.15) is 0 Å². The number of aryl methyl sites for hydroxylation is 2. The molecule has 1 saturated heterocycles. The number of hydrogen-bond donors (Lipinski definition) is 0. The van der Waals surface area contributed by atoms with Crippen LogP contribution >= 0.6 is 11.6 Å². The largest absolute Gasteiger partial charge is 0.369 e. The Kier molecular flexibility index (Phi) is 7.16. The molecule has 5 heteroatoms. The lowest BCUT2D eigenvalue weighted by atomic mass is 10.1. The number of rotatable bonds is 6. The van der Waals surface area contributed by atoms with Gasteiger partial charge in [0, 0.05) is 36.9 Å². The average Bonchev–Trinajstić information content (AvgIpc) is 3.22. The molecule has 0 amide bonds. The highest BCUT2D eigenvalue weighted by Crippen LogP contribution is 2.28. The third-order valence-electron chi connectivity index (χ3n) is 6.73. The Bertz CT molecular complexity index is 1070. The summed E-state index contributed by atoms with van der Waals surface area (Å²) in [6, 6.07) is 17.0. The number of benzene rings is 2. The van der Waals surface area contributed by atoms with Crippen LogP contribution in [0.3, 0.4) is 0 Å². The monoisotopic (exact) mass is 464 g/mol. The minimum atomic E-state index is -0.0720. The zero-order valence-electron chi connectivity index (χ0n) is 20.7. The zero-order valence-corrected chi connectivity index (χ0v) is 21.5. The van der Waals surface area contributed by atoms with E-state index in [0.29, 0.717) is 0 Å². The average molecular weight is 465 g/mol. The molecule has 1 fully saturated rings. The van der Waals surface area contributed by atoms with Crippen molar-refractivity contribution in [1.29, 1.82) is 0 Å². The highest BCUT2D eigenvalue weighted by Gasteiger charge is 2.22. The molecule has 1 aliphatic rings. The first-order valence-corrected chi connectivity index (χ1v) is 12.5. The summed E-state index contributed by atoms with van der Waals surface area (Å²) in [4.78, 5) is 5.14. The zero-order chi connectivity index (χ0) is 23.6. The molecule has 0 N–H and O–H groups in total. The summed E-state index contributed by atoms with van der Waals surface area (Å²) in [5.74, 6) is 0. The second-order valence-corrected chi connectivity index (χ2v) is 10.7. The van der Waals surface area contributed by atoms with Crippen molar-refractivity contribution < 1.29 is 0 Å². The first kappa shape index (κ1) is 23.8. The number of halogens is 1. The van der Waals surface area contributed by atoms with Crippen LogP contribution < -0.4 is 4.90 Å². The number of aromatic nitrogens is 2. The van der Waals surface area contributed by atoms with Crippen LogP contribution in [0.1, 0.15) is 44.0 Å². The molecule has 0 radical (unpaired) electrons. The molecular formula is C28H37ClN4. The summed E-state index contributed by atoms with van der Waals surface area (Å²) in [6.45, 7) is 16.6. The topological polar surface area (TPSA) is 24.3 Å². The van der Waals surface area contributed by atoms with E-state index in [0.717, 1.165) is 61.8 Å². The molecule has 1 aliphatic heterocycles. The van der Waals surface area contributed by atoms with E-state index in [-0.39, 0.29) is 5.54 Å². The van der Waals surface area contributed by atoms with Gasteiger partial charge in [-0.3, -0.25) is 9.58 Å². The second-order valence-electron chi connectivity index (χ2n) is 10.3. The van der Waals surface area contributed by atoms with Crippen molar-refractivity contribution >= 4 is 17.3 Å². The number of hydrogen-bond acceptors (Lipinski definition) is 3. The third-order valence-corrected chi connectivity index (χ3v) is 6.98. The highest BCUT2D eigenvalue weighted by molar-refractivity contribution is 6.30. The van der Waals surface area contributed by atoms with E-state index in [2.05, 4.69) is 85.5 Å². The lowest BCUT2D eigenvalue weighted by molar-refractivity contribution is 0.254. The maximum Gasteiger partial charge on any atom is 0.0691 e. The Morgan fingerprint density at radius 3 is 2.30 bits per heavy atom. The van der Waals surface area contributed by atoms with Crippen molar-refractivity contribution in [2.24, 2.45) is 0 Å². The summed E-state index contributed by atoms with van der Waals surface area (Å²) in [6.07, 6.45) is 2.13. The van der Waals surface area contributed by atoms with Crippen LogP contribution in [0.2, 0.25) is 5.02 Å². The van der Waals surface area contributed by atoms with E-state index in [9.17, 15) is 0 Å². The van der Waals surface area contributed by atoms with Gasteiger partial charge in [-0.15, -0.1) is 0 Å². The Balaban J connectivity index is 1.35. The second kappa shape index (κ2) is 9.90. The quantitative estimate of drug-likeness (QED) is 0.426. The fourth-order valence-electron chi connectivity index (χ4n) is 4.66. The van der Waals surface area contributed by atoms with Gasteiger partial charge in [-0.05, 0) is 95.0 Å². The molecular weight excluding hydrogens is 428 g/mol. The molecule has 0 saturated carbocycles. The Morgan fingerprint density at radius 1 is 0.939 bits per heavy atom. The van der Waals surface area contributed by atoms with Crippen LogP contribution in [-0.4, -0.2) is 47.4 Å². The van der Waals surface area contributed by atoms with E-state index in [1.54, 1.807) is 0 Å². The minimum absolute atomic E-state index is 0.0720. The predicted molar refractivity (Wildman–Crippen MR) is 141 cm³/mol. The summed E-state index contributed by atoms with van der Waals surface area (Å²) in [7, 11) is 0. The molecule has 4 nitrogen and oxygen atoms in total. The first-order chi connectivity index (χ1) is 15.7. The van der Waals surface area contributed by atoms with E-state index in [1.165, 1.54) is 22.5 Å².